The molecule has 0 aliphatic heterocycles. The average Bonchev–Trinajstić information content (AvgIpc) is 2.97. The Morgan fingerprint density at radius 3 is 1.97 bits per heavy atom. The molecule has 3 rings (SSSR count). The summed E-state index contributed by atoms with van der Waals surface area (Å²) in [6, 6.07) is 13.7. The Bertz CT molecular complexity index is 1290. The molecular formula is C32H36N4O3. The predicted octanol–water partition coefficient (Wildman–Crippen LogP) is 7.58. The zero-order valence-corrected chi connectivity index (χ0v) is 22.9. The summed E-state index contributed by atoms with van der Waals surface area (Å²) in [6.07, 6.45) is 15.8. The van der Waals surface area contributed by atoms with Crippen molar-refractivity contribution in [2.45, 2.75) is 78.1 Å². The third-order valence-electron chi connectivity index (χ3n) is 6.42. The summed E-state index contributed by atoms with van der Waals surface area (Å²) in [4.78, 5) is 21.8. The van der Waals surface area contributed by atoms with Crippen molar-refractivity contribution in [3.63, 3.8) is 0 Å². The largest absolute Gasteiger partial charge is 0.492 e. The van der Waals surface area contributed by atoms with Crippen molar-refractivity contribution in [1.82, 2.24) is 9.97 Å². The highest BCUT2D eigenvalue weighted by Crippen LogP contribution is 2.30. The summed E-state index contributed by atoms with van der Waals surface area (Å²) >= 11 is 0. The van der Waals surface area contributed by atoms with Crippen LogP contribution in [0.25, 0.3) is 11.4 Å². The van der Waals surface area contributed by atoms with E-state index >= 15 is 0 Å². The molecule has 0 atom stereocenters. The monoisotopic (exact) mass is 524 g/mol. The number of hydrogen-bond acceptors (Lipinski definition) is 7. The van der Waals surface area contributed by atoms with Crippen molar-refractivity contribution in [3.8, 4) is 35.0 Å². The Labute approximate surface area is 231 Å². The zero-order valence-electron chi connectivity index (χ0n) is 22.9. The van der Waals surface area contributed by atoms with Gasteiger partial charge in [-0.2, -0.15) is 10.5 Å². The van der Waals surface area contributed by atoms with Crippen LogP contribution in [0, 0.1) is 22.7 Å². The molecule has 0 aliphatic carbocycles. The quantitative estimate of drug-likeness (QED) is 0.114. The SMILES string of the molecule is CCCCCCCCCCc1cnc(-c2ccc(C(=O)Oc3ccc(OCCC)c(C#N)c3C#N)cc2)nc1. The minimum atomic E-state index is -0.634. The molecule has 0 radical (unpaired) electrons. The van der Waals surface area contributed by atoms with E-state index < -0.39 is 5.97 Å². The van der Waals surface area contributed by atoms with Crippen LogP contribution in [-0.2, 0) is 6.42 Å². The van der Waals surface area contributed by atoms with E-state index in [9.17, 15) is 15.3 Å². The third-order valence-corrected chi connectivity index (χ3v) is 6.42. The lowest BCUT2D eigenvalue weighted by molar-refractivity contribution is 0.0734. The van der Waals surface area contributed by atoms with Gasteiger partial charge in [-0.3, -0.25) is 0 Å². The van der Waals surface area contributed by atoms with Crippen molar-refractivity contribution < 1.29 is 14.3 Å². The Morgan fingerprint density at radius 2 is 1.36 bits per heavy atom. The second kappa shape index (κ2) is 15.9. The second-order valence-corrected chi connectivity index (χ2v) is 9.49. The lowest BCUT2D eigenvalue weighted by atomic mass is 10.1. The maximum absolute atomic E-state index is 12.8. The number of rotatable bonds is 15. The van der Waals surface area contributed by atoms with Gasteiger partial charge >= 0.3 is 5.97 Å². The van der Waals surface area contributed by atoms with E-state index in [0.29, 0.717) is 23.7 Å². The van der Waals surface area contributed by atoms with Crippen molar-refractivity contribution in [2.24, 2.45) is 0 Å². The molecule has 0 fully saturated rings. The molecule has 0 spiro atoms. The van der Waals surface area contributed by atoms with E-state index in [1.165, 1.54) is 57.1 Å². The Balaban J connectivity index is 1.56. The first-order chi connectivity index (χ1) is 19.1. The first-order valence-corrected chi connectivity index (χ1v) is 13.8. The summed E-state index contributed by atoms with van der Waals surface area (Å²) in [5.74, 6) is 0.264. The number of nitrogens with zero attached hydrogens (tertiary/aromatic N) is 4. The van der Waals surface area contributed by atoms with Gasteiger partial charge in [-0.15, -0.1) is 0 Å². The van der Waals surface area contributed by atoms with Gasteiger partial charge in [0, 0.05) is 18.0 Å². The van der Waals surface area contributed by atoms with E-state index in [-0.39, 0.29) is 16.9 Å². The van der Waals surface area contributed by atoms with Crippen molar-refractivity contribution >= 4 is 5.97 Å². The molecule has 0 saturated heterocycles. The standard InChI is InChI=1S/C32H36N4O3/c1-3-5-6-7-8-9-10-11-12-24-22-35-31(36-23-24)25-13-15-26(16-14-25)32(37)39-30-18-17-29(38-19-4-2)27(20-33)28(30)21-34/h13-18,22-23H,3-12,19H2,1-2H3. The van der Waals surface area contributed by atoms with Crippen LogP contribution in [-0.4, -0.2) is 22.5 Å². The maximum Gasteiger partial charge on any atom is 0.343 e. The Morgan fingerprint density at radius 1 is 0.769 bits per heavy atom. The minimum Gasteiger partial charge on any atom is -0.492 e. The minimum absolute atomic E-state index is 0.0161. The smallest absolute Gasteiger partial charge is 0.343 e. The molecule has 1 aromatic heterocycles. The van der Waals surface area contributed by atoms with Crippen LogP contribution < -0.4 is 9.47 Å². The van der Waals surface area contributed by atoms with Gasteiger partial charge in [0.05, 0.1) is 12.2 Å². The van der Waals surface area contributed by atoms with Crippen molar-refractivity contribution in [2.75, 3.05) is 6.61 Å². The highest BCUT2D eigenvalue weighted by molar-refractivity contribution is 5.92. The molecule has 0 amide bonds. The van der Waals surface area contributed by atoms with Crippen LogP contribution >= 0.6 is 0 Å². The number of aromatic nitrogens is 2. The fourth-order valence-electron chi connectivity index (χ4n) is 4.21. The number of hydrogen-bond donors (Lipinski definition) is 0. The Kier molecular flexibility index (Phi) is 12.0. The van der Waals surface area contributed by atoms with Crippen LogP contribution in [0.1, 0.15) is 98.7 Å². The molecule has 3 aromatic rings. The first-order valence-electron chi connectivity index (χ1n) is 13.8. The molecule has 7 heteroatoms. The molecule has 0 N–H and O–H groups in total. The van der Waals surface area contributed by atoms with Crippen molar-refractivity contribution in [3.05, 3.63) is 71.0 Å². The van der Waals surface area contributed by atoms with Crippen LogP contribution in [0.2, 0.25) is 0 Å². The molecule has 0 bridgehead atoms. The number of carbonyl (C=O) groups excluding carboxylic acids is 1. The fraction of sp³-hybridized carbons (Fsp3) is 0.406. The molecule has 0 aliphatic rings. The Hall–Kier alpha value is -4.23. The van der Waals surface area contributed by atoms with E-state index in [1.807, 2.05) is 31.5 Å². The molecule has 0 unspecified atom stereocenters. The molecule has 202 valence electrons. The van der Waals surface area contributed by atoms with Crippen LogP contribution in [0.4, 0.5) is 0 Å². The van der Waals surface area contributed by atoms with Gasteiger partial charge in [-0.05, 0) is 49.1 Å². The number of ether oxygens (including phenoxy) is 2. The van der Waals surface area contributed by atoms with Gasteiger partial charge in [0.25, 0.3) is 0 Å². The second-order valence-electron chi connectivity index (χ2n) is 9.49. The van der Waals surface area contributed by atoms with E-state index in [0.717, 1.165) is 30.4 Å². The van der Waals surface area contributed by atoms with Crippen LogP contribution in [0.15, 0.2) is 48.8 Å². The van der Waals surface area contributed by atoms with Gasteiger partial charge in [-0.1, -0.05) is 70.9 Å². The maximum atomic E-state index is 12.8. The third kappa shape index (κ3) is 8.65. The lowest BCUT2D eigenvalue weighted by Gasteiger charge is -2.11. The summed E-state index contributed by atoms with van der Waals surface area (Å²) < 4.78 is 11.0. The lowest BCUT2D eigenvalue weighted by Crippen LogP contribution is -2.10. The molecule has 2 aromatic carbocycles. The molecule has 1 heterocycles. The number of carbonyl (C=O) groups is 1. The highest BCUT2D eigenvalue weighted by atomic mass is 16.5. The summed E-state index contributed by atoms with van der Waals surface area (Å²) in [5, 5.41) is 19.1. The van der Waals surface area contributed by atoms with Gasteiger partial charge in [-0.25, -0.2) is 14.8 Å². The summed E-state index contributed by atoms with van der Waals surface area (Å²) in [5.41, 5.74) is 2.23. The van der Waals surface area contributed by atoms with Crippen LogP contribution in [0.5, 0.6) is 11.5 Å². The first kappa shape index (κ1) is 29.3. The van der Waals surface area contributed by atoms with Crippen molar-refractivity contribution in [1.29, 1.82) is 10.5 Å². The molecular weight excluding hydrogens is 488 g/mol. The zero-order chi connectivity index (χ0) is 27.9. The van der Waals surface area contributed by atoms with Gasteiger partial charge in [0.2, 0.25) is 0 Å². The highest BCUT2D eigenvalue weighted by Gasteiger charge is 2.19. The number of esters is 1. The van der Waals surface area contributed by atoms with E-state index in [2.05, 4.69) is 16.9 Å². The normalized spacial score (nSPS) is 10.5. The van der Waals surface area contributed by atoms with Gasteiger partial charge < -0.3 is 9.47 Å². The number of nitriles is 2. The van der Waals surface area contributed by atoms with E-state index in [4.69, 9.17) is 9.47 Å². The molecule has 7 nitrogen and oxygen atoms in total. The van der Waals surface area contributed by atoms with Gasteiger partial charge in [0.15, 0.2) is 11.6 Å². The van der Waals surface area contributed by atoms with E-state index in [1.54, 1.807) is 24.3 Å². The summed E-state index contributed by atoms with van der Waals surface area (Å²) in [6.45, 7) is 4.60. The topological polar surface area (TPSA) is 109 Å². The molecule has 0 saturated carbocycles. The van der Waals surface area contributed by atoms with Gasteiger partial charge in [0.1, 0.15) is 29.0 Å². The number of unbranched alkanes of at least 4 members (excludes halogenated alkanes) is 7. The average molecular weight is 525 g/mol. The predicted molar refractivity (Wildman–Crippen MR) is 150 cm³/mol. The number of benzene rings is 2. The fourth-order valence-corrected chi connectivity index (χ4v) is 4.21. The number of aryl methyl sites for hydroxylation is 1. The summed E-state index contributed by atoms with van der Waals surface area (Å²) in [7, 11) is 0. The van der Waals surface area contributed by atoms with Crippen LogP contribution in [0.3, 0.4) is 0 Å². The molecule has 39 heavy (non-hydrogen) atoms.